The van der Waals surface area contributed by atoms with Crippen LogP contribution in [0.4, 0.5) is 13.2 Å². The van der Waals surface area contributed by atoms with Gasteiger partial charge in [0, 0.05) is 6.20 Å². The van der Waals surface area contributed by atoms with Crippen molar-refractivity contribution in [3.63, 3.8) is 0 Å². The zero-order valence-corrected chi connectivity index (χ0v) is 9.10. The minimum atomic E-state index is -5.84. The number of halogens is 3. The van der Waals surface area contributed by atoms with Gasteiger partial charge in [-0.3, -0.25) is 4.55 Å². The smallest absolute Gasteiger partial charge is 0.505 e. The van der Waals surface area contributed by atoms with Crippen LogP contribution in [0.25, 0.3) is 0 Å². The second-order valence-electron chi connectivity index (χ2n) is 2.60. The third-order valence-corrected chi connectivity index (χ3v) is 1.87. The quantitative estimate of drug-likeness (QED) is 0.517. The van der Waals surface area contributed by atoms with Crippen molar-refractivity contribution < 1.29 is 41.1 Å². The van der Waals surface area contributed by atoms with Crippen molar-refractivity contribution in [3.05, 3.63) is 24.0 Å². The van der Waals surface area contributed by atoms with Crippen LogP contribution in [-0.2, 0) is 10.1 Å². The molecule has 7 nitrogen and oxygen atoms in total. The van der Waals surface area contributed by atoms with Gasteiger partial charge in [0.15, 0.2) is 5.69 Å². The average molecular weight is 289 g/mol. The highest BCUT2D eigenvalue weighted by Crippen LogP contribution is 2.20. The van der Waals surface area contributed by atoms with E-state index in [-0.39, 0.29) is 11.4 Å². The first-order chi connectivity index (χ1) is 7.97. The second-order valence-corrected chi connectivity index (χ2v) is 4.01. The maximum atomic E-state index is 10.7. The van der Waals surface area contributed by atoms with Gasteiger partial charge in [0.25, 0.3) is 0 Å². The predicted octanol–water partition coefficient (Wildman–Crippen LogP) is 0.879. The van der Waals surface area contributed by atoms with Gasteiger partial charge in [-0.15, -0.1) is 0 Å². The Morgan fingerprint density at radius 2 is 1.78 bits per heavy atom. The standard InChI is InChI=1S/C6H5NO3.CHF3O3S/c8-4-2-1-3-7-5(4)6(9)10;2-1(3,4)8(5,6)7/h1-3,8H,(H,9,10);(H,5,6,7). The summed E-state index contributed by atoms with van der Waals surface area (Å²) in [6.45, 7) is 0. The summed E-state index contributed by atoms with van der Waals surface area (Å²) in [4.78, 5) is 13.6. The number of carbonyl (C=O) groups is 1. The zero-order chi connectivity index (χ0) is 14.6. The van der Waals surface area contributed by atoms with Crippen molar-refractivity contribution in [1.29, 1.82) is 0 Å². The topological polar surface area (TPSA) is 125 Å². The van der Waals surface area contributed by atoms with Crippen molar-refractivity contribution in [3.8, 4) is 5.75 Å². The van der Waals surface area contributed by atoms with Crippen molar-refractivity contribution in [2.75, 3.05) is 0 Å². The Bertz CT molecular complexity index is 526. The van der Waals surface area contributed by atoms with Gasteiger partial charge in [-0.1, -0.05) is 0 Å². The number of pyridine rings is 1. The third-order valence-electron chi connectivity index (χ3n) is 1.28. The van der Waals surface area contributed by atoms with Crippen LogP contribution in [0.5, 0.6) is 5.75 Å². The van der Waals surface area contributed by atoms with Crippen LogP contribution in [0.2, 0.25) is 0 Å². The summed E-state index contributed by atoms with van der Waals surface area (Å²) in [6.07, 6.45) is 1.31. The first-order valence-electron chi connectivity index (χ1n) is 3.88. The van der Waals surface area contributed by atoms with E-state index in [1.165, 1.54) is 18.3 Å². The number of aromatic nitrogens is 1. The molecule has 0 unspecified atom stereocenters. The van der Waals surface area contributed by atoms with E-state index in [1.54, 1.807) is 0 Å². The Morgan fingerprint density at radius 3 is 2.00 bits per heavy atom. The van der Waals surface area contributed by atoms with E-state index < -0.39 is 21.6 Å². The number of aromatic hydroxyl groups is 1. The lowest BCUT2D eigenvalue weighted by molar-refractivity contribution is -0.0510. The van der Waals surface area contributed by atoms with Gasteiger partial charge in [-0.05, 0) is 12.1 Å². The van der Waals surface area contributed by atoms with Crippen molar-refractivity contribution >= 4 is 16.1 Å². The van der Waals surface area contributed by atoms with Crippen LogP contribution >= 0.6 is 0 Å². The highest BCUT2D eigenvalue weighted by Gasteiger charge is 2.44. The molecule has 18 heavy (non-hydrogen) atoms. The summed E-state index contributed by atoms with van der Waals surface area (Å²) in [5, 5.41) is 17.2. The number of hydrogen-bond acceptors (Lipinski definition) is 5. The number of rotatable bonds is 1. The van der Waals surface area contributed by atoms with Crippen molar-refractivity contribution in [1.82, 2.24) is 4.98 Å². The molecule has 0 radical (unpaired) electrons. The summed E-state index contributed by atoms with van der Waals surface area (Å²) < 4.78 is 57.5. The number of hydrogen-bond donors (Lipinski definition) is 3. The van der Waals surface area contributed by atoms with E-state index in [2.05, 4.69) is 4.98 Å². The van der Waals surface area contributed by atoms with Crippen LogP contribution in [0.15, 0.2) is 18.3 Å². The number of nitrogens with zero attached hydrogens (tertiary/aromatic N) is 1. The largest absolute Gasteiger partial charge is 0.522 e. The Kier molecular flexibility index (Phi) is 5.05. The molecule has 11 heteroatoms. The van der Waals surface area contributed by atoms with Crippen LogP contribution in [0, 0.1) is 0 Å². The van der Waals surface area contributed by atoms with E-state index in [1.807, 2.05) is 0 Å². The summed E-state index contributed by atoms with van der Waals surface area (Å²) in [5.74, 6) is -1.53. The van der Waals surface area contributed by atoms with Gasteiger partial charge in [-0.2, -0.15) is 21.6 Å². The van der Waals surface area contributed by atoms with Crippen LogP contribution in [0.3, 0.4) is 0 Å². The molecule has 0 saturated carbocycles. The SMILES string of the molecule is O=C(O)c1ncccc1O.O=S(=O)(O)C(F)(F)F. The maximum absolute atomic E-state index is 10.7. The van der Waals surface area contributed by atoms with Crippen LogP contribution < -0.4 is 0 Å². The molecule has 0 aliphatic heterocycles. The number of carboxylic acids is 1. The van der Waals surface area contributed by atoms with Gasteiger partial charge in [0.05, 0.1) is 0 Å². The molecule has 1 aromatic rings. The minimum absolute atomic E-state index is 0.310. The molecule has 102 valence electrons. The Balaban J connectivity index is 0.000000331. The molecule has 1 heterocycles. The minimum Gasteiger partial charge on any atom is -0.505 e. The molecule has 0 bridgehead atoms. The molecule has 0 aromatic carbocycles. The fourth-order valence-electron chi connectivity index (χ4n) is 0.562. The Hall–Kier alpha value is -1.88. The second kappa shape index (κ2) is 5.64. The molecule has 0 spiro atoms. The normalized spacial score (nSPS) is 11.3. The van der Waals surface area contributed by atoms with Gasteiger partial charge in [0.1, 0.15) is 5.75 Å². The highest BCUT2D eigenvalue weighted by atomic mass is 32.2. The molecule has 1 rings (SSSR count). The molecule has 0 aliphatic rings. The summed E-state index contributed by atoms with van der Waals surface area (Å²) >= 11 is 0. The average Bonchev–Trinajstić information content (AvgIpc) is 2.15. The lowest BCUT2D eigenvalue weighted by Crippen LogP contribution is -2.21. The van der Waals surface area contributed by atoms with Gasteiger partial charge < -0.3 is 10.2 Å². The number of alkyl halides is 3. The van der Waals surface area contributed by atoms with Gasteiger partial charge in [-0.25, -0.2) is 9.78 Å². The fraction of sp³-hybridized carbons (Fsp3) is 0.143. The first kappa shape index (κ1) is 16.1. The van der Waals surface area contributed by atoms with Gasteiger partial charge >= 0.3 is 21.6 Å². The molecule has 3 N–H and O–H groups in total. The fourth-order valence-corrected chi connectivity index (χ4v) is 0.562. The van der Waals surface area contributed by atoms with E-state index in [0.29, 0.717) is 0 Å². The molecule has 1 aromatic heterocycles. The summed E-state index contributed by atoms with van der Waals surface area (Å²) in [5.41, 5.74) is -5.85. The molecular formula is C7H6F3NO6S. The van der Waals surface area contributed by atoms with E-state index in [0.717, 1.165) is 0 Å². The Labute approximate surface area is 98.3 Å². The summed E-state index contributed by atoms with van der Waals surface area (Å²) in [6, 6.07) is 2.73. The van der Waals surface area contributed by atoms with Crippen molar-refractivity contribution in [2.24, 2.45) is 0 Å². The van der Waals surface area contributed by atoms with E-state index >= 15 is 0 Å². The molecule has 0 amide bonds. The number of carboxylic acid groups (broad SMARTS) is 1. The zero-order valence-electron chi connectivity index (χ0n) is 8.29. The predicted molar refractivity (Wildman–Crippen MR) is 50.5 cm³/mol. The number of aromatic carboxylic acids is 1. The van der Waals surface area contributed by atoms with Crippen molar-refractivity contribution in [2.45, 2.75) is 5.51 Å². The van der Waals surface area contributed by atoms with E-state index in [4.69, 9.17) is 23.2 Å². The summed E-state index contributed by atoms with van der Waals surface area (Å²) in [7, 11) is -5.84. The van der Waals surface area contributed by atoms with Crippen LogP contribution in [0.1, 0.15) is 10.5 Å². The monoisotopic (exact) mass is 289 g/mol. The van der Waals surface area contributed by atoms with Crippen LogP contribution in [-0.4, -0.2) is 39.6 Å². The third kappa shape index (κ3) is 4.97. The molecule has 0 fully saturated rings. The highest BCUT2D eigenvalue weighted by molar-refractivity contribution is 7.86. The lowest BCUT2D eigenvalue weighted by Gasteiger charge is -1.97. The Morgan fingerprint density at radius 1 is 1.33 bits per heavy atom. The first-order valence-corrected chi connectivity index (χ1v) is 5.32. The molecular weight excluding hydrogens is 283 g/mol. The molecule has 0 atom stereocenters. The lowest BCUT2D eigenvalue weighted by atomic mass is 10.3. The molecule has 0 saturated heterocycles. The van der Waals surface area contributed by atoms with Gasteiger partial charge in [0.2, 0.25) is 0 Å². The molecule has 0 aliphatic carbocycles. The maximum Gasteiger partial charge on any atom is 0.522 e. The van der Waals surface area contributed by atoms with E-state index in [9.17, 15) is 18.0 Å².